The molecule has 746 valence electrons. The van der Waals surface area contributed by atoms with Gasteiger partial charge in [0, 0.05) is 126 Å². The number of hydrogen-bond acceptors (Lipinski definition) is 12. The maximum absolute atomic E-state index is 13.3. The summed E-state index contributed by atoms with van der Waals surface area (Å²) < 4.78 is 26.4. The highest BCUT2D eigenvalue weighted by Gasteiger charge is 2.52. The van der Waals surface area contributed by atoms with Crippen molar-refractivity contribution in [1.29, 1.82) is 0 Å². The standard InChI is InChI=1S/C33H28N4O2.C31H36N4O2.C29H36N4O2.C27H24F2N4O2/c38-32(36-28-18-25(28)20-7-3-1-4-8-20)23-13-11-22(12-14-23)31-34-27-16-15-24(17-30(27)35-31)33(39)37-29-19-26(29)21-9-5-2-6-10-21;36-29(32-25-4-2-1-3-5-25)24-10-11-26-27(15-24)34-28(33-26)22-6-8-23(9-7-22)30(37)35-31-16-19-12-20(17-31)14-21(13-19)18-31;1-18-3-12-23(13-4-18)30-28(34)21-9-7-20(8-10-21)27-32-25-16-11-22(17-26(25)33-27)29(35)31-24-14-5-19(2)6-15-24;28-19-6-10-21(11-7-19)30-26(34)17-3-1-16(2-4-17)25-32-23-14-5-18(15-24(23)33-25)27(35)31-22-12-8-20(29)9-13-22/h1-17,25-26,28-29H,18-19H2,(H,34,35)(H,36,38)(H,37,39);6-11,15,19-21,25H,1-5,12-14,16-18H2,(H,32,36)(H,33,34)(H,35,37);7-11,16-19,23-24H,3-6,12-15H2,1-2H3,(H,30,34)(H,31,35)(H,32,33);1-7,10-11,14-15,20,22H,8-9,12-13H2,(H,30,34)(H,31,35)(H,32,33). The van der Waals surface area contributed by atoms with Gasteiger partial charge in [-0.1, -0.05) is 142 Å². The second kappa shape index (κ2) is 43.1. The molecule has 4 aromatic heterocycles. The summed E-state index contributed by atoms with van der Waals surface area (Å²) in [6.07, 6.45) is 25.8. The van der Waals surface area contributed by atoms with Crippen LogP contribution in [0.15, 0.2) is 255 Å². The molecule has 0 radical (unpaired) electrons. The number of carbonyl (C=O) groups excluding carboxylic acids is 8. The summed E-state index contributed by atoms with van der Waals surface area (Å²) in [7, 11) is 0. The van der Waals surface area contributed by atoms with Crippen LogP contribution in [-0.2, 0) is 0 Å². The Morgan fingerprint density at radius 3 is 0.945 bits per heavy atom. The number of rotatable bonds is 22. The molecule has 11 aromatic carbocycles. The van der Waals surface area contributed by atoms with E-state index in [1.54, 1.807) is 42.5 Å². The summed E-state index contributed by atoms with van der Waals surface area (Å²) >= 11 is 0. The monoisotopic (exact) mass is 1950 g/mol. The van der Waals surface area contributed by atoms with Gasteiger partial charge >= 0.3 is 0 Å². The number of halogens is 2. The number of fused-ring (bicyclic) bond motifs is 4. The number of alkyl halides is 1. The van der Waals surface area contributed by atoms with Crippen LogP contribution in [0.25, 0.3) is 89.7 Å². The van der Waals surface area contributed by atoms with Gasteiger partial charge < -0.3 is 62.5 Å². The first kappa shape index (κ1) is 97.0. The van der Waals surface area contributed by atoms with Gasteiger partial charge in [0.25, 0.3) is 47.3 Å². The Hall–Kier alpha value is -15.1. The molecular formula is C120H124F2N16O8. The summed E-state index contributed by atoms with van der Waals surface area (Å²) in [6.45, 7) is 4.56. The van der Waals surface area contributed by atoms with Crippen LogP contribution in [-0.4, -0.2) is 135 Å². The molecule has 0 saturated heterocycles. The molecule has 10 aliphatic rings. The van der Waals surface area contributed by atoms with E-state index >= 15 is 0 Å². The van der Waals surface area contributed by atoms with E-state index in [-0.39, 0.29) is 94.9 Å². The molecule has 15 aromatic rings. The topological polar surface area (TPSA) is 348 Å². The molecule has 0 spiro atoms. The van der Waals surface area contributed by atoms with Crippen molar-refractivity contribution in [2.45, 2.75) is 234 Å². The zero-order valence-electron chi connectivity index (χ0n) is 82.3. The molecule has 26 heteroatoms. The lowest BCUT2D eigenvalue weighted by Gasteiger charge is -2.56. The van der Waals surface area contributed by atoms with Crippen LogP contribution in [0.3, 0.4) is 0 Å². The quantitative estimate of drug-likeness (QED) is 0.0301. The van der Waals surface area contributed by atoms with Crippen LogP contribution < -0.4 is 42.5 Å². The van der Waals surface area contributed by atoms with E-state index in [0.29, 0.717) is 105 Å². The zero-order chi connectivity index (χ0) is 100. The number of aromatic amines is 4. The van der Waals surface area contributed by atoms with Gasteiger partial charge in [0.1, 0.15) is 35.3 Å². The van der Waals surface area contributed by atoms with Crippen molar-refractivity contribution < 1.29 is 47.1 Å². The predicted molar refractivity (Wildman–Crippen MR) is 566 cm³/mol. The van der Waals surface area contributed by atoms with Crippen LogP contribution in [0.5, 0.6) is 0 Å². The van der Waals surface area contributed by atoms with E-state index in [4.69, 9.17) is 15.0 Å². The number of imidazole rings is 4. The van der Waals surface area contributed by atoms with Gasteiger partial charge in [-0.05, 0) is 328 Å². The highest BCUT2D eigenvalue weighted by molar-refractivity contribution is 6.05. The lowest BCUT2D eigenvalue weighted by atomic mass is 9.53. The SMILES string of the molecule is CC1CCC(NC(=O)c2ccc(-c3nc4ccc(C(=O)NC5CCC(C)CC5)cc4[nH]3)cc2)CC1.O=C(NC1CC1c1ccccc1)c1ccc(-c2nc3ccc(C(=O)NC4CC4c4ccccc4)cc3[nH]2)cc1.O=C(NC1CCCCC1)c1ccc2nc(-c3ccc(C(=O)NC45CC6CC(CC(C6)C4)C5)cc3)[nH]c2c1.O=C(Nc1ccc(F)cc1)c1ccc(-c2nc3ccc(C(=O)NC4CCC(F)CC4)cc3[nH]2)cc1. The Bertz CT molecular complexity index is 7220. The lowest BCUT2D eigenvalue weighted by Crippen LogP contribution is -2.59. The van der Waals surface area contributed by atoms with E-state index < -0.39 is 6.17 Å². The van der Waals surface area contributed by atoms with Crippen LogP contribution in [0.4, 0.5) is 14.5 Å². The van der Waals surface area contributed by atoms with Crippen molar-refractivity contribution >= 4 is 97.1 Å². The van der Waals surface area contributed by atoms with Crippen LogP contribution in [0.2, 0.25) is 0 Å². The number of H-pyrrole nitrogens is 4. The Balaban J connectivity index is 0.000000115. The highest BCUT2D eigenvalue weighted by Crippen LogP contribution is 2.56. The van der Waals surface area contributed by atoms with Gasteiger partial charge in [-0.2, -0.15) is 0 Å². The van der Waals surface area contributed by atoms with Crippen LogP contribution in [0, 0.1) is 35.4 Å². The first-order valence-electron chi connectivity index (χ1n) is 52.4. The van der Waals surface area contributed by atoms with Crippen molar-refractivity contribution in [1.82, 2.24) is 77.1 Å². The lowest BCUT2D eigenvalue weighted by molar-refractivity contribution is -0.0167. The largest absolute Gasteiger partial charge is 0.349 e. The molecule has 10 fully saturated rings. The fraction of sp³-hybridized carbons (Fsp3) is 0.350. The zero-order valence-corrected chi connectivity index (χ0v) is 82.3. The minimum Gasteiger partial charge on any atom is -0.349 e. The average Bonchev–Trinajstić information content (AvgIpc) is 1.17. The molecule has 24 nitrogen and oxygen atoms in total. The smallest absolute Gasteiger partial charge is 0.255 e. The fourth-order valence-corrected chi connectivity index (χ4v) is 23.3. The number of amides is 8. The Morgan fingerprint density at radius 1 is 0.301 bits per heavy atom. The molecule has 4 bridgehead atoms. The third-order valence-corrected chi connectivity index (χ3v) is 31.5. The number of aromatic nitrogens is 8. The molecule has 10 aliphatic carbocycles. The van der Waals surface area contributed by atoms with E-state index in [9.17, 15) is 47.1 Å². The third-order valence-electron chi connectivity index (χ3n) is 31.5. The molecule has 4 heterocycles. The first-order chi connectivity index (χ1) is 71.0. The van der Waals surface area contributed by atoms with Crippen molar-refractivity contribution in [3.63, 3.8) is 0 Å². The molecule has 12 N–H and O–H groups in total. The number of carbonyl (C=O) groups is 8. The van der Waals surface area contributed by atoms with Gasteiger partial charge in [0.15, 0.2) is 0 Å². The summed E-state index contributed by atoms with van der Waals surface area (Å²) in [4.78, 5) is 134. The predicted octanol–water partition coefficient (Wildman–Crippen LogP) is 23.3. The molecule has 4 atom stereocenters. The third kappa shape index (κ3) is 23.3. The summed E-state index contributed by atoms with van der Waals surface area (Å²) in [5.41, 5.74) is 17.8. The maximum atomic E-state index is 13.3. The second-order valence-corrected chi connectivity index (χ2v) is 42.4. The van der Waals surface area contributed by atoms with Crippen LogP contribution in [0.1, 0.15) is 280 Å². The minimum absolute atomic E-state index is 0.00120. The van der Waals surface area contributed by atoms with E-state index in [1.165, 1.54) is 99.6 Å². The number of hydrogen-bond donors (Lipinski definition) is 12. The minimum atomic E-state index is -0.763. The van der Waals surface area contributed by atoms with Gasteiger partial charge in [-0.15, -0.1) is 0 Å². The Morgan fingerprint density at radius 2 is 0.596 bits per heavy atom. The van der Waals surface area contributed by atoms with Crippen molar-refractivity contribution in [2.75, 3.05) is 5.32 Å². The number of benzene rings is 11. The van der Waals surface area contributed by atoms with Gasteiger partial charge in [-0.3, -0.25) is 38.4 Å². The van der Waals surface area contributed by atoms with Gasteiger partial charge in [0.05, 0.1) is 44.1 Å². The van der Waals surface area contributed by atoms with Crippen molar-refractivity contribution in [3.05, 3.63) is 316 Å². The molecule has 146 heavy (non-hydrogen) atoms. The van der Waals surface area contributed by atoms with Gasteiger partial charge in [0.2, 0.25) is 0 Å². The van der Waals surface area contributed by atoms with Gasteiger partial charge in [-0.25, -0.2) is 28.7 Å². The van der Waals surface area contributed by atoms with Crippen molar-refractivity contribution in [2.24, 2.45) is 29.6 Å². The van der Waals surface area contributed by atoms with E-state index in [0.717, 1.165) is 173 Å². The molecule has 0 aliphatic heterocycles. The average molecular weight is 1960 g/mol. The molecule has 8 amide bonds. The summed E-state index contributed by atoms with van der Waals surface area (Å²) in [6, 6.07) is 79.1. The van der Waals surface area contributed by atoms with Crippen molar-refractivity contribution in [3.8, 4) is 45.6 Å². The number of anilines is 1. The summed E-state index contributed by atoms with van der Waals surface area (Å²) in [5, 5.41) is 25.1. The normalized spacial score (nSPS) is 23.2. The Labute approximate surface area is 847 Å². The molecule has 4 unspecified atom stereocenters. The summed E-state index contributed by atoms with van der Waals surface area (Å²) in [5.74, 6) is 6.52. The van der Waals surface area contributed by atoms with E-state index in [1.807, 2.05) is 164 Å². The Kier molecular flexibility index (Phi) is 28.6. The molecule has 25 rings (SSSR count). The van der Waals surface area contributed by atoms with Crippen LogP contribution >= 0.6 is 0 Å². The number of nitrogens with zero attached hydrogens (tertiary/aromatic N) is 4. The molecule has 10 saturated carbocycles. The molecular weight excluding hydrogens is 1830 g/mol. The highest BCUT2D eigenvalue weighted by atomic mass is 19.1. The fourth-order valence-electron chi connectivity index (χ4n) is 23.3. The van der Waals surface area contributed by atoms with E-state index in [2.05, 4.69) is 106 Å². The number of nitrogens with one attached hydrogen (secondary N) is 12. The second-order valence-electron chi connectivity index (χ2n) is 42.4. The maximum Gasteiger partial charge on any atom is 0.255 e. The first-order valence-corrected chi connectivity index (χ1v) is 52.4.